The van der Waals surface area contributed by atoms with E-state index in [9.17, 15) is 17.6 Å². The molecule has 0 atom stereocenters. The molecule has 0 saturated carbocycles. The molecule has 0 aliphatic carbocycles. The molecule has 2 aromatic rings. The SMILES string of the molecule is CN(c1ccc(C#N)cc1)c1c(F)c(F)nc(F)c1F. The lowest BCUT2D eigenvalue weighted by atomic mass is 10.2. The van der Waals surface area contributed by atoms with Gasteiger partial charge in [-0.05, 0) is 24.3 Å². The van der Waals surface area contributed by atoms with E-state index in [1.165, 1.54) is 31.3 Å². The highest BCUT2D eigenvalue weighted by molar-refractivity contribution is 5.64. The van der Waals surface area contributed by atoms with E-state index in [1.807, 2.05) is 6.07 Å². The molecule has 102 valence electrons. The van der Waals surface area contributed by atoms with E-state index in [2.05, 4.69) is 4.98 Å². The first-order chi connectivity index (χ1) is 9.45. The van der Waals surface area contributed by atoms with Crippen LogP contribution in [0.15, 0.2) is 24.3 Å². The Labute approximate surface area is 111 Å². The average molecular weight is 281 g/mol. The van der Waals surface area contributed by atoms with Crippen LogP contribution < -0.4 is 4.90 Å². The van der Waals surface area contributed by atoms with Gasteiger partial charge in [-0.15, -0.1) is 0 Å². The largest absolute Gasteiger partial charge is 0.340 e. The van der Waals surface area contributed by atoms with Crippen LogP contribution in [0.4, 0.5) is 28.9 Å². The summed E-state index contributed by atoms with van der Waals surface area (Å²) < 4.78 is 53.3. The van der Waals surface area contributed by atoms with Crippen molar-refractivity contribution < 1.29 is 17.6 Å². The summed E-state index contributed by atoms with van der Waals surface area (Å²) in [5.41, 5.74) is -0.290. The minimum absolute atomic E-state index is 0.256. The van der Waals surface area contributed by atoms with Crippen molar-refractivity contribution in [2.75, 3.05) is 11.9 Å². The molecule has 0 aliphatic heterocycles. The second kappa shape index (κ2) is 5.17. The molecule has 0 saturated heterocycles. The predicted molar refractivity (Wildman–Crippen MR) is 63.3 cm³/mol. The van der Waals surface area contributed by atoms with E-state index in [1.54, 1.807) is 0 Å². The third-order valence-electron chi connectivity index (χ3n) is 2.69. The molecule has 0 N–H and O–H groups in total. The van der Waals surface area contributed by atoms with Crippen LogP contribution in [0.3, 0.4) is 0 Å². The lowest BCUT2D eigenvalue weighted by molar-refractivity contribution is 0.409. The van der Waals surface area contributed by atoms with Crippen LogP contribution in [-0.2, 0) is 0 Å². The maximum atomic E-state index is 13.6. The summed E-state index contributed by atoms with van der Waals surface area (Å²) in [7, 11) is 1.24. The number of anilines is 2. The summed E-state index contributed by atoms with van der Waals surface area (Å²) in [6, 6.07) is 7.49. The molecule has 0 radical (unpaired) electrons. The van der Waals surface area contributed by atoms with Crippen LogP contribution in [0.1, 0.15) is 5.56 Å². The lowest BCUT2D eigenvalue weighted by Crippen LogP contribution is -2.16. The Kier molecular flexibility index (Phi) is 3.57. The van der Waals surface area contributed by atoms with Gasteiger partial charge < -0.3 is 4.90 Å². The van der Waals surface area contributed by atoms with Crippen molar-refractivity contribution >= 4 is 11.4 Å². The lowest BCUT2D eigenvalue weighted by Gasteiger charge is -2.20. The zero-order chi connectivity index (χ0) is 14.9. The molecule has 0 fully saturated rings. The first kappa shape index (κ1) is 13.8. The molecule has 7 heteroatoms. The van der Waals surface area contributed by atoms with Crippen LogP contribution in [0.5, 0.6) is 0 Å². The molecule has 1 heterocycles. The quantitative estimate of drug-likeness (QED) is 0.626. The molecular weight excluding hydrogens is 274 g/mol. The van der Waals surface area contributed by atoms with Crippen molar-refractivity contribution in [3.63, 3.8) is 0 Å². The standard InChI is InChI=1S/C13H7F4N3/c1-20(8-4-2-7(6-18)3-5-8)11-9(14)12(16)19-13(17)10(11)15/h2-5H,1H3. The van der Waals surface area contributed by atoms with E-state index >= 15 is 0 Å². The number of nitrogens with zero attached hydrogens (tertiary/aromatic N) is 3. The fourth-order valence-corrected chi connectivity index (χ4v) is 1.66. The second-order valence-corrected chi connectivity index (χ2v) is 3.89. The Morgan fingerprint density at radius 2 is 1.50 bits per heavy atom. The first-order valence-electron chi connectivity index (χ1n) is 5.39. The topological polar surface area (TPSA) is 39.9 Å². The molecule has 0 spiro atoms. The molecule has 2 rings (SSSR count). The van der Waals surface area contributed by atoms with Crippen LogP contribution in [0.25, 0.3) is 0 Å². The summed E-state index contributed by atoms with van der Waals surface area (Å²) in [4.78, 5) is 3.41. The molecular formula is C13H7F4N3. The Morgan fingerprint density at radius 3 is 1.95 bits per heavy atom. The van der Waals surface area contributed by atoms with Crippen molar-refractivity contribution in [1.82, 2.24) is 4.98 Å². The first-order valence-corrected chi connectivity index (χ1v) is 5.39. The van der Waals surface area contributed by atoms with Gasteiger partial charge in [0.25, 0.3) is 11.9 Å². The zero-order valence-electron chi connectivity index (χ0n) is 10.2. The number of pyridine rings is 1. The molecule has 0 aliphatic rings. The highest BCUT2D eigenvalue weighted by Gasteiger charge is 2.24. The van der Waals surface area contributed by atoms with Crippen LogP contribution in [0.2, 0.25) is 0 Å². The summed E-state index contributed by atoms with van der Waals surface area (Å²) in [5.74, 6) is -6.62. The van der Waals surface area contributed by atoms with Crippen molar-refractivity contribution in [2.45, 2.75) is 0 Å². The van der Waals surface area contributed by atoms with Gasteiger partial charge in [-0.25, -0.2) is 0 Å². The average Bonchev–Trinajstić information content (AvgIpc) is 2.45. The molecule has 1 aromatic carbocycles. The Hall–Kier alpha value is -2.62. The summed E-state index contributed by atoms with van der Waals surface area (Å²) in [6.45, 7) is 0. The Bertz CT molecular complexity index is 666. The van der Waals surface area contributed by atoms with Gasteiger partial charge in [0.2, 0.25) is 11.6 Å². The maximum absolute atomic E-state index is 13.6. The summed E-state index contributed by atoms with van der Waals surface area (Å²) in [5, 5.41) is 8.65. The molecule has 1 aromatic heterocycles. The third kappa shape index (κ3) is 2.28. The zero-order valence-corrected chi connectivity index (χ0v) is 10.2. The van der Waals surface area contributed by atoms with Crippen molar-refractivity contribution in [2.24, 2.45) is 0 Å². The predicted octanol–water partition coefficient (Wildman–Crippen LogP) is 3.28. The summed E-state index contributed by atoms with van der Waals surface area (Å²) in [6.07, 6.45) is 0. The Morgan fingerprint density at radius 1 is 1.00 bits per heavy atom. The van der Waals surface area contributed by atoms with Gasteiger partial charge in [0.15, 0.2) is 0 Å². The molecule has 0 unspecified atom stereocenters. The smallest absolute Gasteiger partial charge is 0.253 e. The highest BCUT2D eigenvalue weighted by atomic mass is 19.2. The molecule has 3 nitrogen and oxygen atoms in total. The highest BCUT2D eigenvalue weighted by Crippen LogP contribution is 2.30. The van der Waals surface area contributed by atoms with Crippen molar-refractivity contribution in [1.29, 1.82) is 5.26 Å². The van der Waals surface area contributed by atoms with Crippen LogP contribution in [0, 0.1) is 34.9 Å². The fourth-order valence-electron chi connectivity index (χ4n) is 1.66. The van der Waals surface area contributed by atoms with Crippen LogP contribution in [-0.4, -0.2) is 12.0 Å². The summed E-state index contributed by atoms with van der Waals surface area (Å²) >= 11 is 0. The van der Waals surface area contributed by atoms with E-state index in [-0.39, 0.29) is 5.69 Å². The molecule has 0 amide bonds. The van der Waals surface area contributed by atoms with Gasteiger partial charge in [0.05, 0.1) is 11.6 Å². The monoisotopic (exact) mass is 281 g/mol. The minimum Gasteiger partial charge on any atom is -0.340 e. The van der Waals surface area contributed by atoms with Gasteiger partial charge in [-0.3, -0.25) is 0 Å². The normalized spacial score (nSPS) is 10.2. The third-order valence-corrected chi connectivity index (χ3v) is 2.69. The van der Waals surface area contributed by atoms with E-state index in [4.69, 9.17) is 5.26 Å². The van der Waals surface area contributed by atoms with E-state index in [0.717, 1.165) is 4.90 Å². The second-order valence-electron chi connectivity index (χ2n) is 3.89. The fraction of sp³-hybridized carbons (Fsp3) is 0.0769. The number of halogens is 4. The van der Waals surface area contributed by atoms with Crippen molar-refractivity contribution in [3.8, 4) is 6.07 Å². The number of rotatable bonds is 2. The molecule has 20 heavy (non-hydrogen) atoms. The van der Waals surface area contributed by atoms with Gasteiger partial charge in [-0.2, -0.15) is 27.8 Å². The van der Waals surface area contributed by atoms with Gasteiger partial charge >= 0.3 is 0 Å². The number of benzene rings is 1. The maximum Gasteiger partial charge on any atom is 0.253 e. The van der Waals surface area contributed by atoms with E-state index in [0.29, 0.717) is 5.56 Å². The van der Waals surface area contributed by atoms with Gasteiger partial charge in [-0.1, -0.05) is 0 Å². The Balaban J connectivity index is 2.53. The number of hydrogen-bond acceptors (Lipinski definition) is 3. The number of hydrogen-bond donors (Lipinski definition) is 0. The molecule has 0 bridgehead atoms. The van der Waals surface area contributed by atoms with Gasteiger partial charge in [0.1, 0.15) is 5.69 Å². The van der Waals surface area contributed by atoms with Crippen molar-refractivity contribution in [3.05, 3.63) is 53.4 Å². The number of aromatic nitrogens is 1. The number of nitriles is 1. The minimum atomic E-state index is -1.72. The van der Waals surface area contributed by atoms with E-state index < -0.39 is 29.2 Å². The van der Waals surface area contributed by atoms with Gasteiger partial charge in [0, 0.05) is 12.7 Å². The van der Waals surface area contributed by atoms with Crippen LogP contribution >= 0.6 is 0 Å².